The molecule has 0 unspecified atom stereocenters. The first-order valence-electron chi connectivity index (χ1n) is 6.60. The van der Waals surface area contributed by atoms with Crippen molar-refractivity contribution in [2.75, 3.05) is 5.32 Å². The van der Waals surface area contributed by atoms with Gasteiger partial charge in [-0.25, -0.2) is 0 Å². The van der Waals surface area contributed by atoms with Gasteiger partial charge in [0.05, 0.1) is 5.56 Å². The summed E-state index contributed by atoms with van der Waals surface area (Å²) < 4.78 is 2.16. The number of fused-ring (bicyclic) bond motifs is 1. The summed E-state index contributed by atoms with van der Waals surface area (Å²) in [6.45, 7) is 4.00. The third kappa shape index (κ3) is 2.74. The summed E-state index contributed by atoms with van der Waals surface area (Å²) in [4.78, 5) is 12.6. The second-order valence-corrected chi connectivity index (χ2v) is 6.84. The number of aryl methyl sites for hydroxylation is 2. The van der Waals surface area contributed by atoms with E-state index < -0.39 is 0 Å². The Morgan fingerprint density at radius 2 is 1.81 bits per heavy atom. The van der Waals surface area contributed by atoms with Crippen molar-refractivity contribution in [3.63, 3.8) is 0 Å². The molecule has 0 aliphatic heterocycles. The maximum atomic E-state index is 12.6. The second kappa shape index (κ2) is 5.62. The number of anilines is 1. The van der Waals surface area contributed by atoms with Gasteiger partial charge in [0.25, 0.3) is 5.91 Å². The standard InChI is InChI=1S/C17H14BrNOS/c1-10-7-12(18)8-11(2)16(10)19-17(20)14-9-21-15-6-4-3-5-13(14)15/h3-9H,1-2H3,(H,19,20). The number of halogens is 1. The Balaban J connectivity index is 1.97. The van der Waals surface area contributed by atoms with E-state index in [1.807, 2.05) is 55.6 Å². The zero-order valence-corrected chi connectivity index (χ0v) is 14.1. The molecule has 3 aromatic rings. The SMILES string of the molecule is Cc1cc(Br)cc(C)c1NC(=O)c1csc2ccccc12. The van der Waals surface area contributed by atoms with Crippen molar-refractivity contribution in [2.24, 2.45) is 0 Å². The largest absolute Gasteiger partial charge is 0.321 e. The number of hydrogen-bond acceptors (Lipinski definition) is 2. The molecule has 0 bridgehead atoms. The molecule has 0 saturated heterocycles. The Kier molecular flexibility index (Phi) is 3.83. The van der Waals surface area contributed by atoms with Crippen molar-refractivity contribution in [3.05, 3.63) is 62.9 Å². The lowest BCUT2D eigenvalue weighted by atomic mass is 10.1. The summed E-state index contributed by atoms with van der Waals surface area (Å²) in [5, 5.41) is 5.97. The van der Waals surface area contributed by atoms with Crippen LogP contribution in [-0.4, -0.2) is 5.91 Å². The average molecular weight is 360 g/mol. The summed E-state index contributed by atoms with van der Waals surface area (Å²) in [5.74, 6) is -0.0547. The summed E-state index contributed by atoms with van der Waals surface area (Å²) in [7, 11) is 0. The lowest BCUT2D eigenvalue weighted by Gasteiger charge is -2.12. The van der Waals surface area contributed by atoms with Crippen LogP contribution in [0, 0.1) is 13.8 Å². The highest BCUT2D eigenvalue weighted by atomic mass is 79.9. The Hall–Kier alpha value is -1.65. The van der Waals surface area contributed by atoms with Crippen LogP contribution in [0.25, 0.3) is 10.1 Å². The van der Waals surface area contributed by atoms with Crippen LogP contribution in [0.4, 0.5) is 5.69 Å². The molecule has 1 heterocycles. The van der Waals surface area contributed by atoms with Gasteiger partial charge in [-0.15, -0.1) is 11.3 Å². The molecular formula is C17H14BrNOS. The van der Waals surface area contributed by atoms with Crippen LogP contribution in [0.15, 0.2) is 46.3 Å². The first kappa shape index (κ1) is 14.3. The lowest BCUT2D eigenvalue weighted by Crippen LogP contribution is -2.13. The molecule has 0 atom stereocenters. The molecule has 3 rings (SSSR count). The molecule has 0 fully saturated rings. The summed E-state index contributed by atoms with van der Waals surface area (Å²) in [5.41, 5.74) is 3.72. The highest BCUT2D eigenvalue weighted by molar-refractivity contribution is 9.10. The van der Waals surface area contributed by atoms with Crippen LogP contribution < -0.4 is 5.32 Å². The third-order valence-electron chi connectivity index (χ3n) is 3.46. The summed E-state index contributed by atoms with van der Waals surface area (Å²) >= 11 is 5.07. The number of benzene rings is 2. The van der Waals surface area contributed by atoms with Gasteiger partial charge in [-0.2, -0.15) is 0 Å². The van der Waals surface area contributed by atoms with Crippen LogP contribution in [0.2, 0.25) is 0 Å². The second-order valence-electron chi connectivity index (χ2n) is 5.01. The molecule has 1 N–H and O–H groups in total. The van der Waals surface area contributed by atoms with Crippen LogP contribution >= 0.6 is 27.3 Å². The highest BCUT2D eigenvalue weighted by Gasteiger charge is 2.14. The van der Waals surface area contributed by atoms with Crippen LogP contribution in [-0.2, 0) is 0 Å². The third-order valence-corrected chi connectivity index (χ3v) is 4.88. The van der Waals surface area contributed by atoms with Gasteiger partial charge in [0.2, 0.25) is 0 Å². The van der Waals surface area contributed by atoms with E-state index in [-0.39, 0.29) is 5.91 Å². The van der Waals surface area contributed by atoms with Crippen molar-refractivity contribution >= 4 is 48.9 Å². The fraction of sp³-hybridized carbons (Fsp3) is 0.118. The van der Waals surface area contributed by atoms with Crippen LogP contribution in [0.1, 0.15) is 21.5 Å². The molecule has 0 aliphatic rings. The van der Waals surface area contributed by atoms with Gasteiger partial charge in [-0.05, 0) is 43.2 Å². The average Bonchev–Trinajstić information content (AvgIpc) is 2.86. The van der Waals surface area contributed by atoms with E-state index >= 15 is 0 Å². The van der Waals surface area contributed by atoms with Crippen LogP contribution in [0.3, 0.4) is 0 Å². The van der Waals surface area contributed by atoms with E-state index in [0.717, 1.165) is 36.9 Å². The quantitative estimate of drug-likeness (QED) is 0.639. The first-order chi connectivity index (χ1) is 10.1. The van der Waals surface area contributed by atoms with Crippen LogP contribution in [0.5, 0.6) is 0 Å². The Morgan fingerprint density at radius 1 is 1.14 bits per heavy atom. The van der Waals surface area contributed by atoms with Crippen molar-refractivity contribution in [1.29, 1.82) is 0 Å². The molecule has 1 amide bonds. The van der Waals surface area contributed by atoms with Gasteiger partial charge in [-0.3, -0.25) is 4.79 Å². The number of carbonyl (C=O) groups excluding carboxylic acids is 1. The molecule has 4 heteroatoms. The molecule has 2 nitrogen and oxygen atoms in total. The fourth-order valence-electron chi connectivity index (χ4n) is 2.44. The van der Waals surface area contributed by atoms with Crippen molar-refractivity contribution < 1.29 is 4.79 Å². The topological polar surface area (TPSA) is 29.1 Å². The van der Waals surface area contributed by atoms with Gasteiger partial charge < -0.3 is 5.32 Å². The number of carbonyl (C=O) groups is 1. The highest BCUT2D eigenvalue weighted by Crippen LogP contribution is 2.29. The van der Waals surface area contributed by atoms with E-state index in [1.165, 1.54) is 0 Å². The molecule has 2 aromatic carbocycles. The number of thiophene rings is 1. The zero-order valence-electron chi connectivity index (χ0n) is 11.7. The van der Waals surface area contributed by atoms with E-state index in [4.69, 9.17) is 0 Å². The van der Waals surface area contributed by atoms with Crippen molar-refractivity contribution in [3.8, 4) is 0 Å². The normalized spacial score (nSPS) is 10.8. The van der Waals surface area contributed by atoms with E-state index in [9.17, 15) is 4.79 Å². The smallest absolute Gasteiger partial charge is 0.257 e. The minimum absolute atomic E-state index is 0.0547. The van der Waals surface area contributed by atoms with Crippen molar-refractivity contribution in [2.45, 2.75) is 13.8 Å². The van der Waals surface area contributed by atoms with Gasteiger partial charge >= 0.3 is 0 Å². The maximum Gasteiger partial charge on any atom is 0.257 e. The molecule has 0 spiro atoms. The number of nitrogens with one attached hydrogen (secondary N) is 1. The van der Waals surface area contributed by atoms with E-state index in [2.05, 4.69) is 21.2 Å². The zero-order chi connectivity index (χ0) is 15.0. The Morgan fingerprint density at radius 3 is 2.52 bits per heavy atom. The number of amides is 1. The van der Waals surface area contributed by atoms with E-state index in [0.29, 0.717) is 0 Å². The predicted molar refractivity (Wildman–Crippen MR) is 93.4 cm³/mol. The molecule has 0 saturated carbocycles. The monoisotopic (exact) mass is 359 g/mol. The molecule has 0 aliphatic carbocycles. The minimum atomic E-state index is -0.0547. The molecular weight excluding hydrogens is 346 g/mol. The predicted octanol–water partition coefficient (Wildman–Crippen LogP) is 5.53. The minimum Gasteiger partial charge on any atom is -0.321 e. The molecule has 0 radical (unpaired) electrons. The van der Waals surface area contributed by atoms with Gasteiger partial charge in [0, 0.05) is 25.6 Å². The van der Waals surface area contributed by atoms with Gasteiger partial charge in [-0.1, -0.05) is 34.1 Å². The maximum absolute atomic E-state index is 12.6. The lowest BCUT2D eigenvalue weighted by molar-refractivity contribution is 0.102. The number of hydrogen-bond donors (Lipinski definition) is 1. The summed E-state index contributed by atoms with van der Waals surface area (Å²) in [6, 6.07) is 12.0. The Labute approximate surface area is 135 Å². The van der Waals surface area contributed by atoms with E-state index in [1.54, 1.807) is 11.3 Å². The fourth-order valence-corrected chi connectivity index (χ4v) is 4.07. The van der Waals surface area contributed by atoms with Crippen molar-refractivity contribution in [1.82, 2.24) is 0 Å². The Bertz CT molecular complexity index is 815. The summed E-state index contributed by atoms with van der Waals surface area (Å²) in [6.07, 6.45) is 0. The van der Waals surface area contributed by atoms with Gasteiger partial charge in [0.1, 0.15) is 0 Å². The molecule has 21 heavy (non-hydrogen) atoms. The number of rotatable bonds is 2. The van der Waals surface area contributed by atoms with Gasteiger partial charge in [0.15, 0.2) is 0 Å². The molecule has 1 aromatic heterocycles. The molecule has 106 valence electrons. The first-order valence-corrected chi connectivity index (χ1v) is 8.28.